The third-order valence-corrected chi connectivity index (χ3v) is 4.54. The molecule has 0 aromatic heterocycles. The van der Waals surface area contributed by atoms with Crippen LogP contribution in [0.25, 0.3) is 0 Å². The van der Waals surface area contributed by atoms with Gasteiger partial charge >= 0.3 is 0 Å². The van der Waals surface area contributed by atoms with Crippen LogP contribution in [0.3, 0.4) is 0 Å². The number of carbonyl (C=O) groups is 1. The maximum atomic E-state index is 13.4. The maximum absolute atomic E-state index is 13.4. The molecule has 0 fully saturated rings. The Kier molecular flexibility index (Phi) is 6.26. The summed E-state index contributed by atoms with van der Waals surface area (Å²) in [4.78, 5) is 15.3. The molecular formula is C24H25NO2. The number of nitrogens with zero attached hydrogens (tertiary/aromatic N) is 1. The second-order valence-corrected chi connectivity index (χ2v) is 6.28. The summed E-state index contributed by atoms with van der Waals surface area (Å²) in [6.45, 7) is 5.13. The van der Waals surface area contributed by atoms with Gasteiger partial charge in [-0.25, -0.2) is 0 Å². The predicted molar refractivity (Wildman–Crippen MR) is 109 cm³/mol. The standard InChI is InChI=1S/C24H25NO2/c1-3-25(24(26)21-16-11-17-22(18-21)27-4-2)23(19-12-7-5-8-13-19)20-14-9-6-10-15-20/h5-18,23H,3-4H2,1-2H3. The molecule has 0 heterocycles. The van der Waals surface area contributed by atoms with Crippen molar-refractivity contribution < 1.29 is 9.53 Å². The summed E-state index contributed by atoms with van der Waals surface area (Å²) >= 11 is 0. The third-order valence-electron chi connectivity index (χ3n) is 4.54. The second kappa shape index (κ2) is 9.04. The van der Waals surface area contributed by atoms with Crippen molar-refractivity contribution in [1.82, 2.24) is 4.90 Å². The van der Waals surface area contributed by atoms with Crippen molar-refractivity contribution in [2.45, 2.75) is 19.9 Å². The third kappa shape index (κ3) is 4.37. The zero-order valence-corrected chi connectivity index (χ0v) is 15.8. The Morgan fingerprint density at radius 1 is 0.852 bits per heavy atom. The molecule has 0 unspecified atom stereocenters. The summed E-state index contributed by atoms with van der Waals surface area (Å²) in [6, 6.07) is 27.6. The number of carbonyl (C=O) groups excluding carboxylic acids is 1. The van der Waals surface area contributed by atoms with E-state index in [1.807, 2.05) is 79.4 Å². The van der Waals surface area contributed by atoms with Crippen molar-refractivity contribution in [3.05, 3.63) is 102 Å². The van der Waals surface area contributed by atoms with E-state index in [1.54, 1.807) is 0 Å². The van der Waals surface area contributed by atoms with Crippen LogP contribution < -0.4 is 4.74 Å². The van der Waals surface area contributed by atoms with E-state index in [-0.39, 0.29) is 11.9 Å². The van der Waals surface area contributed by atoms with E-state index in [0.29, 0.717) is 18.7 Å². The smallest absolute Gasteiger partial charge is 0.254 e. The van der Waals surface area contributed by atoms with E-state index in [9.17, 15) is 4.79 Å². The first-order valence-corrected chi connectivity index (χ1v) is 9.38. The molecule has 0 saturated heterocycles. The lowest BCUT2D eigenvalue weighted by molar-refractivity contribution is 0.0716. The average Bonchev–Trinajstić information content (AvgIpc) is 2.73. The fourth-order valence-electron chi connectivity index (χ4n) is 3.32. The lowest BCUT2D eigenvalue weighted by atomic mass is 9.96. The van der Waals surface area contributed by atoms with Crippen molar-refractivity contribution in [3.63, 3.8) is 0 Å². The molecule has 0 spiro atoms. The maximum Gasteiger partial charge on any atom is 0.254 e. The van der Waals surface area contributed by atoms with E-state index < -0.39 is 0 Å². The predicted octanol–water partition coefficient (Wildman–Crippen LogP) is 5.34. The van der Waals surface area contributed by atoms with Gasteiger partial charge in [0.2, 0.25) is 0 Å². The zero-order chi connectivity index (χ0) is 19.1. The largest absolute Gasteiger partial charge is 0.494 e. The van der Waals surface area contributed by atoms with Crippen LogP contribution in [0.4, 0.5) is 0 Å². The van der Waals surface area contributed by atoms with Crippen LogP contribution in [0.15, 0.2) is 84.9 Å². The molecule has 0 radical (unpaired) electrons. The summed E-state index contributed by atoms with van der Waals surface area (Å²) in [6.07, 6.45) is 0. The van der Waals surface area contributed by atoms with Crippen LogP contribution in [0, 0.1) is 0 Å². The second-order valence-electron chi connectivity index (χ2n) is 6.28. The van der Waals surface area contributed by atoms with Crippen molar-refractivity contribution in [2.75, 3.05) is 13.2 Å². The summed E-state index contributed by atoms with van der Waals surface area (Å²) < 4.78 is 5.57. The first kappa shape index (κ1) is 18.7. The van der Waals surface area contributed by atoms with Crippen LogP contribution in [-0.4, -0.2) is 24.0 Å². The molecule has 138 valence electrons. The first-order chi connectivity index (χ1) is 13.2. The Labute approximate surface area is 161 Å². The van der Waals surface area contributed by atoms with Crippen molar-refractivity contribution in [1.29, 1.82) is 0 Å². The molecule has 0 atom stereocenters. The minimum Gasteiger partial charge on any atom is -0.494 e. The minimum absolute atomic E-state index is 0.00300. The van der Waals surface area contributed by atoms with Gasteiger partial charge in [0.25, 0.3) is 5.91 Å². The summed E-state index contributed by atoms with van der Waals surface area (Å²) in [7, 11) is 0. The van der Waals surface area contributed by atoms with E-state index in [2.05, 4.69) is 24.3 Å². The topological polar surface area (TPSA) is 29.5 Å². The van der Waals surface area contributed by atoms with E-state index in [1.165, 1.54) is 0 Å². The number of benzene rings is 3. The Morgan fingerprint density at radius 2 is 1.44 bits per heavy atom. The molecule has 3 heteroatoms. The molecule has 27 heavy (non-hydrogen) atoms. The number of rotatable bonds is 7. The molecule has 3 aromatic rings. The summed E-state index contributed by atoms with van der Waals surface area (Å²) in [5.74, 6) is 0.715. The van der Waals surface area contributed by atoms with Crippen molar-refractivity contribution in [2.24, 2.45) is 0 Å². The normalized spacial score (nSPS) is 10.6. The fraction of sp³-hybridized carbons (Fsp3) is 0.208. The van der Waals surface area contributed by atoms with Gasteiger partial charge in [-0.15, -0.1) is 0 Å². The molecule has 0 aliphatic carbocycles. The van der Waals surface area contributed by atoms with Crippen LogP contribution in [-0.2, 0) is 0 Å². The van der Waals surface area contributed by atoms with E-state index >= 15 is 0 Å². The van der Waals surface area contributed by atoms with Gasteiger partial charge in [0.15, 0.2) is 0 Å². The highest BCUT2D eigenvalue weighted by Gasteiger charge is 2.26. The molecule has 0 saturated carbocycles. The van der Waals surface area contributed by atoms with Crippen LogP contribution in [0.5, 0.6) is 5.75 Å². The highest BCUT2D eigenvalue weighted by Crippen LogP contribution is 2.30. The molecule has 1 amide bonds. The Hall–Kier alpha value is -3.07. The summed E-state index contributed by atoms with van der Waals surface area (Å²) in [5, 5.41) is 0. The van der Waals surface area contributed by atoms with Gasteiger partial charge in [-0.2, -0.15) is 0 Å². The highest BCUT2D eigenvalue weighted by molar-refractivity contribution is 5.95. The minimum atomic E-state index is -0.138. The zero-order valence-electron chi connectivity index (χ0n) is 15.8. The van der Waals surface area contributed by atoms with Gasteiger partial charge in [0, 0.05) is 12.1 Å². The SMILES string of the molecule is CCOc1cccc(C(=O)N(CC)C(c2ccccc2)c2ccccc2)c1. The lowest BCUT2D eigenvalue weighted by Crippen LogP contribution is -2.35. The molecule has 3 aromatic carbocycles. The number of hydrogen-bond acceptors (Lipinski definition) is 2. The molecule has 0 bridgehead atoms. The van der Waals surface area contributed by atoms with Crippen molar-refractivity contribution >= 4 is 5.91 Å². The van der Waals surface area contributed by atoms with E-state index in [0.717, 1.165) is 16.9 Å². The molecule has 0 aliphatic heterocycles. The average molecular weight is 359 g/mol. The molecular weight excluding hydrogens is 334 g/mol. The molecule has 3 rings (SSSR count). The number of amides is 1. The van der Waals surface area contributed by atoms with Crippen LogP contribution >= 0.6 is 0 Å². The molecule has 3 nitrogen and oxygen atoms in total. The fourth-order valence-corrected chi connectivity index (χ4v) is 3.32. The molecule has 0 aliphatic rings. The van der Waals surface area contributed by atoms with Gasteiger partial charge in [-0.05, 0) is 43.2 Å². The lowest BCUT2D eigenvalue weighted by Gasteiger charge is -2.32. The number of ether oxygens (including phenoxy) is 1. The van der Waals surface area contributed by atoms with Gasteiger partial charge in [0.05, 0.1) is 12.6 Å². The Morgan fingerprint density at radius 3 is 1.96 bits per heavy atom. The number of hydrogen-bond donors (Lipinski definition) is 0. The van der Waals surface area contributed by atoms with Crippen molar-refractivity contribution in [3.8, 4) is 5.75 Å². The quantitative estimate of drug-likeness (QED) is 0.570. The van der Waals surface area contributed by atoms with E-state index in [4.69, 9.17) is 4.74 Å². The molecule has 0 N–H and O–H groups in total. The first-order valence-electron chi connectivity index (χ1n) is 9.38. The van der Waals surface area contributed by atoms with Gasteiger partial charge in [-0.3, -0.25) is 4.79 Å². The van der Waals surface area contributed by atoms with Gasteiger partial charge < -0.3 is 9.64 Å². The Balaban J connectivity index is 2.01. The summed E-state index contributed by atoms with van der Waals surface area (Å²) in [5.41, 5.74) is 2.83. The van der Waals surface area contributed by atoms with Crippen LogP contribution in [0.1, 0.15) is 41.4 Å². The Bertz CT molecular complexity index is 822. The van der Waals surface area contributed by atoms with Gasteiger partial charge in [-0.1, -0.05) is 66.7 Å². The highest BCUT2D eigenvalue weighted by atomic mass is 16.5. The monoisotopic (exact) mass is 359 g/mol. The van der Waals surface area contributed by atoms with Crippen LogP contribution in [0.2, 0.25) is 0 Å². The van der Waals surface area contributed by atoms with Gasteiger partial charge in [0.1, 0.15) is 5.75 Å².